The van der Waals surface area contributed by atoms with E-state index < -0.39 is 0 Å². The van der Waals surface area contributed by atoms with Crippen LogP contribution in [0.3, 0.4) is 0 Å². The zero-order valence-electron chi connectivity index (χ0n) is 11.8. The van der Waals surface area contributed by atoms with E-state index in [1.807, 2.05) is 23.2 Å². The fraction of sp³-hybridized carbons (Fsp3) is 0.267. The van der Waals surface area contributed by atoms with Gasteiger partial charge in [-0.05, 0) is 24.6 Å². The number of aromatic nitrogens is 2. The van der Waals surface area contributed by atoms with E-state index >= 15 is 0 Å². The smallest absolute Gasteiger partial charge is 0.276 e. The molecule has 2 aromatic heterocycles. The minimum absolute atomic E-state index is 0.227. The number of aromatic amines is 1. The molecule has 0 aromatic carbocycles. The summed E-state index contributed by atoms with van der Waals surface area (Å²) in [6.07, 6.45) is 5.61. The van der Waals surface area contributed by atoms with Crippen LogP contribution in [0.5, 0.6) is 0 Å². The van der Waals surface area contributed by atoms with Crippen molar-refractivity contribution in [3.8, 4) is 0 Å². The van der Waals surface area contributed by atoms with Crippen molar-refractivity contribution < 1.29 is 9.90 Å². The number of hydrogen-bond acceptors (Lipinski definition) is 5. The number of carbonyl (C=O) groups excluding carboxylic acids is 1. The van der Waals surface area contributed by atoms with Gasteiger partial charge in [-0.2, -0.15) is 0 Å². The van der Waals surface area contributed by atoms with Crippen LogP contribution in [0.1, 0.15) is 12.0 Å². The van der Waals surface area contributed by atoms with E-state index in [4.69, 9.17) is 0 Å². The first-order valence-electron chi connectivity index (χ1n) is 7.17. The van der Waals surface area contributed by atoms with Gasteiger partial charge in [-0.25, -0.2) is 9.98 Å². The zero-order valence-corrected chi connectivity index (χ0v) is 11.8. The number of likely N-dealkylation sites (tertiary alicyclic amines) is 1. The van der Waals surface area contributed by atoms with E-state index in [1.54, 1.807) is 12.3 Å². The summed E-state index contributed by atoms with van der Waals surface area (Å²) in [4.78, 5) is 25.6. The van der Waals surface area contributed by atoms with Crippen molar-refractivity contribution in [1.82, 2.24) is 20.2 Å². The average Bonchev–Trinajstić information content (AvgIpc) is 3.20. The van der Waals surface area contributed by atoms with Crippen molar-refractivity contribution in [1.29, 1.82) is 0 Å². The van der Waals surface area contributed by atoms with Crippen LogP contribution in [0.4, 0.5) is 0 Å². The number of amides is 1. The molecule has 3 N–H and O–H groups in total. The van der Waals surface area contributed by atoms with Crippen molar-refractivity contribution in [2.75, 3.05) is 13.1 Å². The maximum Gasteiger partial charge on any atom is 0.276 e. The van der Waals surface area contributed by atoms with E-state index in [0.29, 0.717) is 31.2 Å². The number of aliphatic hydroxyl groups is 1. The Morgan fingerprint density at radius 1 is 1.45 bits per heavy atom. The molecule has 1 fully saturated rings. The lowest BCUT2D eigenvalue weighted by Gasteiger charge is -2.15. The quantitative estimate of drug-likeness (QED) is 0.666. The number of guanidine groups is 1. The molecule has 7 nitrogen and oxygen atoms in total. The summed E-state index contributed by atoms with van der Waals surface area (Å²) >= 11 is 0. The molecular weight excluding hydrogens is 282 g/mol. The summed E-state index contributed by atoms with van der Waals surface area (Å²) in [5, 5.41) is 13.3. The molecular formula is C15H15N5O2. The number of aliphatic hydroxyl groups excluding tert-OH is 1. The van der Waals surface area contributed by atoms with Crippen LogP contribution in [0.2, 0.25) is 0 Å². The summed E-state index contributed by atoms with van der Waals surface area (Å²) < 4.78 is 0. The molecule has 112 valence electrons. The monoisotopic (exact) mass is 297 g/mol. The second-order valence-corrected chi connectivity index (χ2v) is 5.45. The maximum atomic E-state index is 12.1. The van der Waals surface area contributed by atoms with Gasteiger partial charge in [0.2, 0.25) is 5.96 Å². The normalized spacial score (nSPS) is 23.4. The topological polar surface area (TPSA) is 93.6 Å². The number of pyridine rings is 1. The first kappa shape index (κ1) is 13.0. The number of H-pyrrole nitrogens is 1. The fourth-order valence-corrected chi connectivity index (χ4v) is 2.78. The number of nitrogens with zero attached hydrogens (tertiary/aromatic N) is 3. The largest absolute Gasteiger partial charge is 0.391 e. The Morgan fingerprint density at radius 2 is 2.36 bits per heavy atom. The van der Waals surface area contributed by atoms with Gasteiger partial charge in [-0.1, -0.05) is 0 Å². The lowest BCUT2D eigenvalue weighted by molar-refractivity contribution is -0.115. The van der Waals surface area contributed by atoms with Crippen LogP contribution in [-0.2, 0) is 4.79 Å². The number of fused-ring (bicyclic) bond motifs is 1. The average molecular weight is 297 g/mol. The van der Waals surface area contributed by atoms with Gasteiger partial charge >= 0.3 is 0 Å². The summed E-state index contributed by atoms with van der Waals surface area (Å²) in [6.45, 7) is 1.20. The van der Waals surface area contributed by atoms with Gasteiger partial charge in [0.25, 0.3) is 5.91 Å². The van der Waals surface area contributed by atoms with Gasteiger partial charge in [0, 0.05) is 36.4 Å². The highest BCUT2D eigenvalue weighted by Crippen LogP contribution is 2.21. The SMILES string of the molecule is O=C1NC(N2CCC(O)C2)=N/C1=C\c1c[nH]c2ncccc12. The first-order valence-corrected chi connectivity index (χ1v) is 7.17. The van der Waals surface area contributed by atoms with Gasteiger partial charge in [0.05, 0.1) is 6.10 Å². The Kier molecular flexibility index (Phi) is 2.93. The van der Waals surface area contributed by atoms with Crippen LogP contribution >= 0.6 is 0 Å². The van der Waals surface area contributed by atoms with E-state index in [-0.39, 0.29) is 12.0 Å². The van der Waals surface area contributed by atoms with E-state index in [0.717, 1.165) is 16.6 Å². The number of nitrogens with one attached hydrogen (secondary N) is 2. The summed E-state index contributed by atoms with van der Waals surface area (Å²) in [6, 6.07) is 3.80. The molecule has 22 heavy (non-hydrogen) atoms. The Morgan fingerprint density at radius 3 is 3.18 bits per heavy atom. The summed E-state index contributed by atoms with van der Waals surface area (Å²) in [5.74, 6) is 0.292. The fourth-order valence-electron chi connectivity index (χ4n) is 2.78. The second kappa shape index (κ2) is 4.96. The number of β-amino-alcohol motifs (C(OH)–C–C–N with tert-alkyl or cyclic N) is 1. The van der Waals surface area contributed by atoms with Crippen LogP contribution in [0.15, 0.2) is 35.2 Å². The van der Waals surface area contributed by atoms with Crippen LogP contribution in [0.25, 0.3) is 17.1 Å². The maximum absolute atomic E-state index is 12.1. The number of rotatable bonds is 1. The lowest BCUT2D eigenvalue weighted by Crippen LogP contribution is -2.39. The molecule has 0 aliphatic carbocycles. The predicted octanol–water partition coefficient (Wildman–Crippen LogP) is 0.456. The Labute approximate surface area is 126 Å². The van der Waals surface area contributed by atoms with Gasteiger partial charge < -0.3 is 15.0 Å². The molecule has 4 heterocycles. The molecule has 0 spiro atoms. The van der Waals surface area contributed by atoms with Crippen molar-refractivity contribution in [2.24, 2.45) is 4.99 Å². The highest BCUT2D eigenvalue weighted by molar-refractivity contribution is 6.14. The van der Waals surface area contributed by atoms with Crippen molar-refractivity contribution in [3.63, 3.8) is 0 Å². The Hall–Kier alpha value is -2.67. The van der Waals surface area contributed by atoms with Gasteiger partial charge in [0.1, 0.15) is 11.3 Å². The van der Waals surface area contributed by atoms with E-state index in [2.05, 4.69) is 20.3 Å². The number of carbonyl (C=O) groups is 1. The molecule has 0 saturated carbocycles. The summed E-state index contributed by atoms with van der Waals surface area (Å²) in [7, 11) is 0. The molecule has 1 unspecified atom stereocenters. The molecule has 2 aromatic rings. The minimum atomic E-state index is -0.354. The third kappa shape index (κ3) is 2.15. The van der Waals surface area contributed by atoms with Crippen LogP contribution in [-0.4, -0.2) is 51.0 Å². The highest BCUT2D eigenvalue weighted by atomic mass is 16.3. The molecule has 0 bridgehead atoms. The van der Waals surface area contributed by atoms with Crippen molar-refractivity contribution in [2.45, 2.75) is 12.5 Å². The van der Waals surface area contributed by atoms with Crippen molar-refractivity contribution >= 4 is 29.0 Å². The second-order valence-electron chi connectivity index (χ2n) is 5.45. The van der Waals surface area contributed by atoms with Gasteiger partial charge in [0.15, 0.2) is 0 Å². The van der Waals surface area contributed by atoms with E-state index in [9.17, 15) is 9.90 Å². The van der Waals surface area contributed by atoms with Crippen molar-refractivity contribution in [3.05, 3.63) is 35.8 Å². The minimum Gasteiger partial charge on any atom is -0.391 e. The molecule has 1 atom stereocenters. The van der Waals surface area contributed by atoms with Gasteiger partial charge in [-0.15, -0.1) is 0 Å². The molecule has 4 rings (SSSR count). The first-order chi connectivity index (χ1) is 10.7. The third-order valence-corrected chi connectivity index (χ3v) is 3.92. The molecule has 2 aliphatic rings. The zero-order chi connectivity index (χ0) is 15.1. The summed E-state index contributed by atoms with van der Waals surface area (Å²) in [5.41, 5.74) is 2.01. The third-order valence-electron chi connectivity index (χ3n) is 3.92. The molecule has 2 aliphatic heterocycles. The predicted molar refractivity (Wildman–Crippen MR) is 81.8 cm³/mol. The molecule has 0 radical (unpaired) electrons. The standard InChI is InChI=1S/C15H15N5O2/c21-10-3-5-20(8-10)15-18-12(14(22)19-15)6-9-7-17-13-11(9)2-1-4-16-13/h1-2,4,6-7,10,21H,3,5,8H2,(H,16,17)(H,18,19,22)/b12-6-. The number of aliphatic imine (C=N–C) groups is 1. The number of hydrogen-bond donors (Lipinski definition) is 3. The van der Waals surface area contributed by atoms with E-state index in [1.165, 1.54) is 0 Å². The van der Waals surface area contributed by atoms with Crippen LogP contribution in [0, 0.1) is 0 Å². The molecule has 1 saturated heterocycles. The molecule has 1 amide bonds. The Balaban J connectivity index is 1.67. The Bertz CT molecular complexity index is 807. The molecule has 7 heteroatoms. The van der Waals surface area contributed by atoms with Crippen LogP contribution < -0.4 is 5.32 Å². The highest BCUT2D eigenvalue weighted by Gasteiger charge is 2.29. The lowest BCUT2D eigenvalue weighted by atomic mass is 10.2. The van der Waals surface area contributed by atoms with Gasteiger partial charge in [-0.3, -0.25) is 10.1 Å².